The van der Waals surface area contributed by atoms with Crippen LogP contribution in [0.3, 0.4) is 0 Å². The standard InChI is InChI=1S/C26H35N3O2S/c1-16(26-12-17-8-18(13-26)10-19(9-17)14-26)27-24(30)20-4-3-6-29(15-20)25(31)22-11-23-21(28(22)2)5-7-32-23/h5,7,11,16-20H,3-4,6,8-10,12-15H2,1-2H3,(H,27,30)/t16-,17?,18?,19?,20-,26?/m1/s1. The van der Waals surface area contributed by atoms with E-state index in [4.69, 9.17) is 0 Å². The van der Waals surface area contributed by atoms with Crippen LogP contribution >= 0.6 is 11.3 Å². The molecule has 2 aromatic heterocycles. The molecule has 1 aliphatic heterocycles. The Hall–Kier alpha value is -1.82. The summed E-state index contributed by atoms with van der Waals surface area (Å²) in [6.07, 6.45) is 9.98. The summed E-state index contributed by atoms with van der Waals surface area (Å²) in [6, 6.07) is 4.31. The fourth-order valence-corrected chi connectivity index (χ4v) is 8.83. The number of carbonyl (C=O) groups is 2. The van der Waals surface area contributed by atoms with Gasteiger partial charge in [0.2, 0.25) is 5.91 Å². The third-order valence-electron chi connectivity index (χ3n) is 9.33. The maximum Gasteiger partial charge on any atom is 0.270 e. The summed E-state index contributed by atoms with van der Waals surface area (Å²) in [5.74, 6) is 2.81. The minimum atomic E-state index is -0.0922. The largest absolute Gasteiger partial charge is 0.353 e. The van der Waals surface area contributed by atoms with E-state index in [9.17, 15) is 9.59 Å². The molecule has 5 fully saturated rings. The number of carbonyl (C=O) groups excluding carboxylic acids is 2. The highest BCUT2D eigenvalue weighted by molar-refractivity contribution is 7.17. The van der Waals surface area contributed by atoms with Crippen molar-refractivity contribution >= 4 is 33.4 Å². The maximum atomic E-state index is 13.3. The molecule has 4 aliphatic carbocycles. The summed E-state index contributed by atoms with van der Waals surface area (Å²) in [7, 11) is 1.96. The minimum Gasteiger partial charge on any atom is -0.353 e. The Kier molecular flexibility index (Phi) is 4.94. The molecule has 4 bridgehead atoms. The molecule has 32 heavy (non-hydrogen) atoms. The van der Waals surface area contributed by atoms with Crippen LogP contribution in [-0.2, 0) is 11.8 Å². The van der Waals surface area contributed by atoms with Crippen molar-refractivity contribution in [3.05, 3.63) is 23.2 Å². The molecule has 3 heterocycles. The zero-order valence-electron chi connectivity index (χ0n) is 19.3. The lowest BCUT2D eigenvalue weighted by Crippen LogP contribution is -2.57. The van der Waals surface area contributed by atoms with Gasteiger partial charge in [0, 0.05) is 26.2 Å². The lowest BCUT2D eigenvalue weighted by atomic mass is 9.48. The number of amides is 2. The van der Waals surface area contributed by atoms with Crippen molar-refractivity contribution in [3.63, 3.8) is 0 Å². The fourth-order valence-electron chi connectivity index (χ4n) is 7.99. The van der Waals surface area contributed by atoms with Gasteiger partial charge in [-0.15, -0.1) is 11.3 Å². The van der Waals surface area contributed by atoms with Crippen molar-refractivity contribution in [3.8, 4) is 0 Å². The first-order valence-electron chi connectivity index (χ1n) is 12.5. The summed E-state index contributed by atoms with van der Waals surface area (Å²) < 4.78 is 3.14. The molecule has 2 amide bonds. The van der Waals surface area contributed by atoms with Crippen molar-refractivity contribution < 1.29 is 9.59 Å². The number of thiophene rings is 1. The third kappa shape index (κ3) is 3.32. The quantitative estimate of drug-likeness (QED) is 0.722. The highest BCUT2D eigenvalue weighted by Crippen LogP contribution is 2.61. The number of hydrogen-bond acceptors (Lipinski definition) is 3. The Labute approximate surface area is 194 Å². The number of hydrogen-bond donors (Lipinski definition) is 1. The molecule has 7 rings (SSSR count). The monoisotopic (exact) mass is 453 g/mol. The number of aryl methyl sites for hydroxylation is 1. The van der Waals surface area contributed by atoms with Gasteiger partial charge in [0.05, 0.1) is 16.1 Å². The molecular formula is C26H35N3O2S. The van der Waals surface area contributed by atoms with E-state index < -0.39 is 0 Å². The third-order valence-corrected chi connectivity index (χ3v) is 10.2. The number of rotatable bonds is 4. The zero-order chi connectivity index (χ0) is 22.0. The summed E-state index contributed by atoms with van der Waals surface area (Å²) in [4.78, 5) is 28.5. The lowest BCUT2D eigenvalue weighted by molar-refractivity contribution is -0.131. The molecule has 1 saturated heterocycles. The molecule has 5 aliphatic rings. The molecule has 0 aromatic carbocycles. The van der Waals surface area contributed by atoms with Crippen molar-refractivity contribution in [2.24, 2.45) is 36.1 Å². The van der Waals surface area contributed by atoms with Crippen LogP contribution in [0.4, 0.5) is 0 Å². The lowest BCUT2D eigenvalue weighted by Gasteiger charge is -2.59. The van der Waals surface area contributed by atoms with Crippen LogP contribution in [0, 0.1) is 29.1 Å². The molecule has 0 radical (unpaired) electrons. The van der Waals surface area contributed by atoms with Gasteiger partial charge in [0.25, 0.3) is 5.91 Å². The van der Waals surface area contributed by atoms with Gasteiger partial charge in [-0.25, -0.2) is 0 Å². The van der Waals surface area contributed by atoms with Gasteiger partial charge in [-0.05, 0) is 99.0 Å². The summed E-state index contributed by atoms with van der Waals surface area (Å²) >= 11 is 1.67. The van der Waals surface area contributed by atoms with Gasteiger partial charge in [0.1, 0.15) is 5.69 Å². The highest BCUT2D eigenvalue weighted by atomic mass is 32.1. The Morgan fingerprint density at radius 1 is 1.16 bits per heavy atom. The molecule has 4 saturated carbocycles. The molecule has 172 valence electrons. The fraction of sp³-hybridized carbons (Fsp3) is 0.692. The molecule has 2 atom stereocenters. The van der Waals surface area contributed by atoms with Gasteiger partial charge in [-0.3, -0.25) is 9.59 Å². The van der Waals surface area contributed by atoms with Crippen LogP contribution in [0.25, 0.3) is 10.2 Å². The van der Waals surface area contributed by atoms with E-state index in [0.29, 0.717) is 12.0 Å². The predicted molar refractivity (Wildman–Crippen MR) is 128 cm³/mol. The van der Waals surface area contributed by atoms with Crippen molar-refractivity contribution in [1.29, 1.82) is 0 Å². The Morgan fingerprint density at radius 3 is 2.50 bits per heavy atom. The normalized spacial score (nSPS) is 34.8. The number of likely N-dealkylation sites (tertiary alicyclic amines) is 1. The Morgan fingerprint density at radius 2 is 1.84 bits per heavy atom. The second kappa shape index (κ2) is 7.61. The maximum absolute atomic E-state index is 13.3. The smallest absolute Gasteiger partial charge is 0.270 e. The average Bonchev–Trinajstić information content (AvgIpc) is 3.35. The highest BCUT2D eigenvalue weighted by Gasteiger charge is 2.53. The summed E-state index contributed by atoms with van der Waals surface area (Å²) in [5, 5.41) is 5.51. The summed E-state index contributed by atoms with van der Waals surface area (Å²) in [5.41, 5.74) is 2.16. The van der Waals surface area contributed by atoms with Gasteiger partial charge in [0.15, 0.2) is 0 Å². The van der Waals surface area contributed by atoms with E-state index in [1.54, 1.807) is 11.3 Å². The number of nitrogens with one attached hydrogen (secondary N) is 1. The van der Waals surface area contributed by atoms with Crippen molar-refractivity contribution in [2.45, 2.75) is 64.3 Å². The molecule has 6 heteroatoms. The van der Waals surface area contributed by atoms with Gasteiger partial charge < -0.3 is 14.8 Å². The van der Waals surface area contributed by atoms with Gasteiger partial charge in [-0.1, -0.05) is 0 Å². The van der Waals surface area contributed by atoms with Crippen LogP contribution < -0.4 is 5.32 Å². The molecular weight excluding hydrogens is 418 g/mol. The van der Waals surface area contributed by atoms with Gasteiger partial charge in [-0.2, -0.15) is 0 Å². The van der Waals surface area contributed by atoms with E-state index in [-0.39, 0.29) is 23.8 Å². The van der Waals surface area contributed by atoms with E-state index in [1.807, 2.05) is 22.6 Å². The molecule has 0 spiro atoms. The second-order valence-electron chi connectivity index (χ2n) is 11.4. The van der Waals surface area contributed by atoms with Crippen molar-refractivity contribution in [1.82, 2.24) is 14.8 Å². The topological polar surface area (TPSA) is 54.3 Å². The molecule has 0 unspecified atom stereocenters. The Bertz CT molecular complexity index is 1020. The molecule has 2 aromatic rings. The first kappa shape index (κ1) is 20.8. The Balaban J connectivity index is 1.13. The van der Waals surface area contributed by atoms with Crippen molar-refractivity contribution in [2.75, 3.05) is 13.1 Å². The SMILES string of the molecule is C[C@@H](NC(=O)[C@@H]1CCCN(C(=O)c2cc3sccc3n2C)C1)C12CC3CC(CC(C3)C1)C2. The van der Waals surface area contributed by atoms with E-state index in [0.717, 1.165) is 53.1 Å². The number of nitrogens with zero attached hydrogens (tertiary/aromatic N) is 2. The average molecular weight is 454 g/mol. The minimum absolute atomic E-state index is 0.0579. The summed E-state index contributed by atoms with van der Waals surface area (Å²) in [6.45, 7) is 3.54. The first-order chi connectivity index (χ1) is 15.4. The molecule has 5 nitrogen and oxygen atoms in total. The van der Waals surface area contributed by atoms with Crippen LogP contribution in [-0.4, -0.2) is 40.4 Å². The van der Waals surface area contributed by atoms with E-state index in [2.05, 4.69) is 23.7 Å². The van der Waals surface area contributed by atoms with Gasteiger partial charge >= 0.3 is 0 Å². The van der Waals surface area contributed by atoms with E-state index in [1.165, 1.54) is 38.5 Å². The first-order valence-corrected chi connectivity index (χ1v) is 13.4. The van der Waals surface area contributed by atoms with E-state index >= 15 is 0 Å². The van der Waals surface area contributed by atoms with Crippen LogP contribution in [0.15, 0.2) is 17.5 Å². The predicted octanol–water partition coefficient (Wildman–Crippen LogP) is 4.81. The van der Waals surface area contributed by atoms with Crippen LogP contribution in [0.1, 0.15) is 68.8 Å². The number of piperidine rings is 1. The van der Waals surface area contributed by atoms with Crippen LogP contribution in [0.2, 0.25) is 0 Å². The zero-order valence-corrected chi connectivity index (χ0v) is 20.1. The number of aromatic nitrogens is 1. The second-order valence-corrected chi connectivity index (χ2v) is 12.3. The number of fused-ring (bicyclic) bond motifs is 1. The molecule has 1 N–H and O–H groups in total. The van der Waals surface area contributed by atoms with Crippen LogP contribution in [0.5, 0.6) is 0 Å².